The molecule has 0 aliphatic heterocycles. The molecule has 0 unspecified atom stereocenters. The van der Waals surface area contributed by atoms with Crippen molar-refractivity contribution in [2.75, 3.05) is 0 Å². The van der Waals surface area contributed by atoms with Crippen molar-refractivity contribution in [1.29, 1.82) is 0 Å². The lowest BCUT2D eigenvalue weighted by Gasteiger charge is -2.30. The predicted octanol–water partition coefficient (Wildman–Crippen LogP) is 4.99. The molecule has 3 heteroatoms. The first-order valence-corrected chi connectivity index (χ1v) is 8.08. The first kappa shape index (κ1) is 15.6. The lowest BCUT2D eigenvalue weighted by molar-refractivity contribution is -0.156. The minimum absolute atomic E-state index is 0.0248. The highest BCUT2D eigenvalue weighted by molar-refractivity contribution is 9.10. The molecule has 1 fully saturated rings. The number of rotatable bonds is 3. The first-order valence-electron chi connectivity index (χ1n) is 7.29. The monoisotopic (exact) mass is 338 g/mol. The van der Waals surface area contributed by atoms with Crippen LogP contribution in [0.5, 0.6) is 0 Å². The molecular formula is C17H23BrO2. The molecule has 0 saturated heterocycles. The second kappa shape index (κ2) is 5.88. The largest absolute Gasteiger partial charge is 0.460 e. The van der Waals surface area contributed by atoms with E-state index < -0.39 is 5.60 Å². The summed E-state index contributed by atoms with van der Waals surface area (Å²) in [5.74, 6) is -0.0812. The molecule has 1 aliphatic carbocycles. The number of hydrogen-bond donors (Lipinski definition) is 0. The maximum Gasteiger partial charge on any atom is 0.307 e. The number of benzene rings is 1. The van der Waals surface area contributed by atoms with Crippen molar-refractivity contribution in [3.63, 3.8) is 0 Å². The van der Waals surface area contributed by atoms with Gasteiger partial charge in [-0.3, -0.25) is 4.79 Å². The number of hydrogen-bond acceptors (Lipinski definition) is 2. The molecule has 0 radical (unpaired) electrons. The first-order chi connectivity index (χ1) is 9.31. The van der Waals surface area contributed by atoms with Gasteiger partial charge in [0.1, 0.15) is 5.60 Å². The molecule has 1 aromatic carbocycles. The molecule has 0 N–H and O–H groups in total. The number of carbonyl (C=O) groups is 1. The summed E-state index contributed by atoms with van der Waals surface area (Å²) in [7, 11) is 0. The number of ether oxygens (including phenoxy) is 1. The lowest BCUT2D eigenvalue weighted by atomic mass is 9.76. The summed E-state index contributed by atoms with van der Waals surface area (Å²) in [6.45, 7) is 5.77. The molecule has 1 saturated carbocycles. The van der Waals surface area contributed by atoms with Crippen LogP contribution in [0.25, 0.3) is 0 Å². The quantitative estimate of drug-likeness (QED) is 0.725. The Morgan fingerprint density at radius 2 is 1.75 bits per heavy atom. The Morgan fingerprint density at radius 3 is 2.25 bits per heavy atom. The standard InChI is InChI=1S/C17H23BrO2/c1-16(2,3)20-15(19)12-17(10-4-5-11-17)13-6-8-14(18)9-7-13/h6-9H,4-5,10-12H2,1-3H3. The van der Waals surface area contributed by atoms with E-state index >= 15 is 0 Å². The van der Waals surface area contributed by atoms with Crippen LogP contribution in [-0.2, 0) is 14.9 Å². The van der Waals surface area contributed by atoms with Crippen molar-refractivity contribution in [3.05, 3.63) is 34.3 Å². The summed E-state index contributed by atoms with van der Waals surface area (Å²) in [5.41, 5.74) is 0.837. The molecule has 2 nitrogen and oxygen atoms in total. The Morgan fingerprint density at radius 1 is 1.20 bits per heavy atom. The van der Waals surface area contributed by atoms with Crippen LogP contribution in [0.3, 0.4) is 0 Å². The van der Waals surface area contributed by atoms with Crippen LogP contribution in [-0.4, -0.2) is 11.6 Å². The van der Waals surface area contributed by atoms with Gasteiger partial charge in [-0.1, -0.05) is 40.9 Å². The van der Waals surface area contributed by atoms with Crippen molar-refractivity contribution < 1.29 is 9.53 Å². The van der Waals surface area contributed by atoms with Gasteiger partial charge in [0.05, 0.1) is 6.42 Å². The van der Waals surface area contributed by atoms with Crippen LogP contribution in [0.2, 0.25) is 0 Å². The van der Waals surface area contributed by atoms with Gasteiger partial charge in [0.25, 0.3) is 0 Å². The molecule has 0 amide bonds. The fraction of sp³-hybridized carbons (Fsp3) is 0.588. The zero-order valence-electron chi connectivity index (χ0n) is 12.5. The van der Waals surface area contributed by atoms with Gasteiger partial charge in [-0.05, 0) is 51.3 Å². The van der Waals surface area contributed by atoms with Crippen molar-refractivity contribution >= 4 is 21.9 Å². The summed E-state index contributed by atoms with van der Waals surface area (Å²) in [6.07, 6.45) is 5.03. The van der Waals surface area contributed by atoms with Gasteiger partial charge in [0, 0.05) is 9.89 Å². The summed E-state index contributed by atoms with van der Waals surface area (Å²) < 4.78 is 6.60. The van der Waals surface area contributed by atoms with E-state index in [2.05, 4.69) is 40.2 Å². The highest BCUT2D eigenvalue weighted by Crippen LogP contribution is 2.44. The predicted molar refractivity (Wildman–Crippen MR) is 84.8 cm³/mol. The highest BCUT2D eigenvalue weighted by atomic mass is 79.9. The molecule has 0 aromatic heterocycles. The van der Waals surface area contributed by atoms with Gasteiger partial charge >= 0.3 is 5.97 Å². The van der Waals surface area contributed by atoms with Gasteiger partial charge in [-0.2, -0.15) is 0 Å². The van der Waals surface area contributed by atoms with Gasteiger partial charge in [-0.25, -0.2) is 0 Å². The second-order valence-corrected chi connectivity index (χ2v) is 7.67. The van der Waals surface area contributed by atoms with E-state index in [-0.39, 0.29) is 11.4 Å². The number of esters is 1. The Balaban J connectivity index is 2.18. The van der Waals surface area contributed by atoms with Crippen LogP contribution < -0.4 is 0 Å². The summed E-state index contributed by atoms with van der Waals surface area (Å²) in [6, 6.07) is 8.40. The molecule has 0 heterocycles. The van der Waals surface area contributed by atoms with E-state index in [1.807, 2.05) is 20.8 Å². The van der Waals surface area contributed by atoms with Crippen molar-refractivity contribution in [1.82, 2.24) is 0 Å². The lowest BCUT2D eigenvalue weighted by Crippen LogP contribution is -2.31. The van der Waals surface area contributed by atoms with Gasteiger partial charge in [-0.15, -0.1) is 0 Å². The van der Waals surface area contributed by atoms with E-state index in [1.165, 1.54) is 18.4 Å². The average Bonchev–Trinajstić information content (AvgIpc) is 2.76. The smallest absolute Gasteiger partial charge is 0.307 e. The number of halogens is 1. The molecule has 0 bridgehead atoms. The minimum atomic E-state index is -0.406. The van der Waals surface area contributed by atoms with Gasteiger partial charge in [0.2, 0.25) is 0 Å². The molecule has 0 atom stereocenters. The zero-order chi connectivity index (χ0) is 14.8. The van der Waals surface area contributed by atoms with E-state index in [9.17, 15) is 4.79 Å². The average molecular weight is 339 g/mol. The topological polar surface area (TPSA) is 26.3 Å². The maximum atomic E-state index is 12.2. The molecule has 2 rings (SSSR count). The SMILES string of the molecule is CC(C)(C)OC(=O)CC1(c2ccc(Br)cc2)CCCC1. The number of carbonyl (C=O) groups excluding carboxylic acids is 1. The van der Waals surface area contributed by atoms with Crippen molar-refractivity contribution in [3.8, 4) is 0 Å². The normalized spacial score (nSPS) is 18.0. The molecule has 110 valence electrons. The zero-order valence-corrected chi connectivity index (χ0v) is 14.1. The van der Waals surface area contributed by atoms with Crippen LogP contribution >= 0.6 is 15.9 Å². The fourth-order valence-corrected chi connectivity index (χ4v) is 3.34. The van der Waals surface area contributed by atoms with Crippen LogP contribution in [0.15, 0.2) is 28.7 Å². The van der Waals surface area contributed by atoms with E-state index in [0.29, 0.717) is 6.42 Å². The van der Waals surface area contributed by atoms with Crippen LogP contribution in [0.1, 0.15) is 58.4 Å². The fourth-order valence-electron chi connectivity index (χ4n) is 3.08. The van der Waals surface area contributed by atoms with Crippen molar-refractivity contribution in [2.45, 2.75) is 63.9 Å². The Hall–Kier alpha value is -0.830. The Labute approximate surface area is 130 Å². The highest BCUT2D eigenvalue weighted by Gasteiger charge is 2.38. The van der Waals surface area contributed by atoms with Gasteiger partial charge in [0.15, 0.2) is 0 Å². The molecule has 20 heavy (non-hydrogen) atoms. The Bertz CT molecular complexity index is 465. The summed E-state index contributed by atoms with van der Waals surface area (Å²) in [5, 5.41) is 0. The molecule has 1 aliphatic rings. The molecular weight excluding hydrogens is 316 g/mol. The summed E-state index contributed by atoms with van der Waals surface area (Å²) >= 11 is 3.47. The minimum Gasteiger partial charge on any atom is -0.460 e. The van der Waals surface area contributed by atoms with Crippen molar-refractivity contribution in [2.24, 2.45) is 0 Å². The van der Waals surface area contributed by atoms with E-state index in [4.69, 9.17) is 4.74 Å². The maximum absolute atomic E-state index is 12.2. The third-order valence-corrected chi connectivity index (χ3v) is 4.45. The van der Waals surface area contributed by atoms with Gasteiger partial charge < -0.3 is 4.74 Å². The molecule has 0 spiro atoms. The van der Waals surface area contributed by atoms with E-state index in [1.54, 1.807) is 0 Å². The summed E-state index contributed by atoms with van der Waals surface area (Å²) in [4.78, 5) is 12.2. The second-order valence-electron chi connectivity index (χ2n) is 6.76. The molecule has 1 aromatic rings. The van der Waals surface area contributed by atoms with Crippen LogP contribution in [0.4, 0.5) is 0 Å². The Kier molecular flexibility index (Phi) is 4.58. The van der Waals surface area contributed by atoms with E-state index in [0.717, 1.165) is 17.3 Å². The third kappa shape index (κ3) is 3.85. The third-order valence-electron chi connectivity index (χ3n) is 3.92. The van der Waals surface area contributed by atoms with Crippen LogP contribution in [0, 0.1) is 0 Å².